The lowest BCUT2D eigenvalue weighted by molar-refractivity contribution is -0.130. The number of halogens is 1. The fourth-order valence-electron chi connectivity index (χ4n) is 1.78. The average Bonchev–Trinajstić information content (AvgIpc) is 2.40. The third-order valence-electron chi connectivity index (χ3n) is 3.32. The molecular weight excluding hydrogens is 312 g/mol. The van der Waals surface area contributed by atoms with Crippen LogP contribution in [-0.2, 0) is 21.1 Å². The Bertz CT molecular complexity index is 558. The van der Waals surface area contributed by atoms with Gasteiger partial charge in [-0.15, -0.1) is 12.4 Å². The van der Waals surface area contributed by atoms with E-state index in [4.69, 9.17) is 5.73 Å². The van der Waals surface area contributed by atoms with Gasteiger partial charge in [0.25, 0.3) is 0 Å². The van der Waals surface area contributed by atoms with Crippen molar-refractivity contribution in [3.05, 3.63) is 29.8 Å². The molecule has 1 unspecified atom stereocenters. The maximum atomic E-state index is 12.1. The Kier molecular flexibility index (Phi) is 7.74. The van der Waals surface area contributed by atoms with Gasteiger partial charge in [0, 0.05) is 24.5 Å². The van der Waals surface area contributed by atoms with Crippen LogP contribution in [0.25, 0.3) is 0 Å². The highest BCUT2D eigenvalue weighted by molar-refractivity contribution is 7.91. The molecule has 1 aromatic rings. The first-order chi connectivity index (χ1) is 9.25. The van der Waals surface area contributed by atoms with Gasteiger partial charge in [0.05, 0.1) is 12.2 Å². The predicted molar refractivity (Wildman–Crippen MR) is 88.4 cm³/mol. The van der Waals surface area contributed by atoms with Crippen molar-refractivity contribution >= 4 is 33.8 Å². The van der Waals surface area contributed by atoms with Crippen LogP contribution in [-0.4, -0.2) is 43.8 Å². The number of nitrogen functional groups attached to an aromatic ring is 1. The summed E-state index contributed by atoms with van der Waals surface area (Å²) in [5.41, 5.74) is 7.10. The van der Waals surface area contributed by atoms with Crippen LogP contribution in [0.1, 0.15) is 19.4 Å². The summed E-state index contributed by atoms with van der Waals surface area (Å²) in [6.45, 7) is 3.35. The van der Waals surface area contributed by atoms with Crippen molar-refractivity contribution < 1.29 is 13.2 Å². The van der Waals surface area contributed by atoms with Crippen molar-refractivity contribution in [2.45, 2.75) is 26.3 Å². The number of nitrogens with zero attached hydrogens (tertiary/aromatic N) is 1. The molecule has 0 aliphatic carbocycles. The van der Waals surface area contributed by atoms with Crippen LogP contribution < -0.4 is 5.73 Å². The molecular formula is C14H23ClN2O3S. The fraction of sp³-hybridized carbons (Fsp3) is 0.500. The summed E-state index contributed by atoms with van der Waals surface area (Å²) in [7, 11) is -1.45. The standard InChI is InChI=1S/C14H22N2O3S.ClH/c1-4-20(18,19)10-11(2)16(3)14(17)9-12-5-7-13(15)8-6-12;/h5-8,11H,4,9-10,15H2,1-3H3;1H. The second kappa shape index (κ2) is 8.24. The van der Waals surface area contributed by atoms with Crippen LogP contribution in [0, 0.1) is 0 Å². The average molecular weight is 335 g/mol. The van der Waals surface area contributed by atoms with Gasteiger partial charge in [0.15, 0.2) is 9.84 Å². The van der Waals surface area contributed by atoms with Gasteiger partial charge >= 0.3 is 0 Å². The minimum Gasteiger partial charge on any atom is -0.399 e. The molecule has 0 aromatic heterocycles. The van der Waals surface area contributed by atoms with Crippen molar-refractivity contribution in [3.8, 4) is 0 Å². The van der Waals surface area contributed by atoms with Crippen molar-refractivity contribution in [1.82, 2.24) is 4.90 Å². The van der Waals surface area contributed by atoms with Crippen LogP contribution in [0.4, 0.5) is 5.69 Å². The number of hydrogen-bond acceptors (Lipinski definition) is 4. The molecule has 5 nitrogen and oxygen atoms in total. The van der Waals surface area contributed by atoms with Gasteiger partial charge in [-0.2, -0.15) is 0 Å². The number of nitrogens with two attached hydrogens (primary N) is 1. The van der Waals surface area contributed by atoms with Gasteiger partial charge in [-0.25, -0.2) is 8.42 Å². The number of carbonyl (C=O) groups is 1. The third-order valence-corrected chi connectivity index (χ3v) is 5.19. The van der Waals surface area contributed by atoms with Gasteiger partial charge in [-0.1, -0.05) is 19.1 Å². The van der Waals surface area contributed by atoms with Crippen molar-refractivity contribution in [1.29, 1.82) is 0 Å². The highest BCUT2D eigenvalue weighted by Gasteiger charge is 2.21. The molecule has 1 aromatic carbocycles. The smallest absolute Gasteiger partial charge is 0.227 e. The number of likely N-dealkylation sites (N-methyl/N-ethyl adjacent to an activating group) is 1. The van der Waals surface area contributed by atoms with E-state index in [0.29, 0.717) is 5.69 Å². The maximum Gasteiger partial charge on any atom is 0.227 e. The Morgan fingerprint density at radius 2 is 1.81 bits per heavy atom. The van der Waals surface area contributed by atoms with E-state index in [0.717, 1.165) is 5.56 Å². The molecule has 2 N–H and O–H groups in total. The van der Waals surface area contributed by atoms with Crippen LogP contribution in [0.5, 0.6) is 0 Å². The Balaban J connectivity index is 0.00000400. The molecule has 21 heavy (non-hydrogen) atoms. The summed E-state index contributed by atoms with van der Waals surface area (Å²) >= 11 is 0. The number of sulfone groups is 1. The molecule has 120 valence electrons. The number of benzene rings is 1. The molecule has 0 spiro atoms. The largest absolute Gasteiger partial charge is 0.399 e. The molecule has 0 fully saturated rings. The first-order valence-corrected chi connectivity index (χ1v) is 8.38. The van der Waals surface area contributed by atoms with E-state index in [1.54, 1.807) is 45.2 Å². The first-order valence-electron chi connectivity index (χ1n) is 6.55. The molecule has 0 aliphatic heterocycles. The topological polar surface area (TPSA) is 80.5 Å². The van der Waals surface area contributed by atoms with Gasteiger partial charge in [0.1, 0.15) is 0 Å². The molecule has 0 heterocycles. The summed E-state index contributed by atoms with van der Waals surface area (Å²) < 4.78 is 23.2. The molecule has 1 rings (SSSR count). The molecule has 0 radical (unpaired) electrons. The number of hydrogen-bond donors (Lipinski definition) is 1. The van der Waals surface area contributed by atoms with Crippen LogP contribution in [0.2, 0.25) is 0 Å². The summed E-state index contributed by atoms with van der Waals surface area (Å²) in [5, 5.41) is 0. The molecule has 0 saturated heterocycles. The Hall–Kier alpha value is -1.27. The van der Waals surface area contributed by atoms with Gasteiger partial charge < -0.3 is 10.6 Å². The highest BCUT2D eigenvalue weighted by Crippen LogP contribution is 2.09. The van der Waals surface area contributed by atoms with E-state index in [-0.39, 0.29) is 42.3 Å². The van der Waals surface area contributed by atoms with Gasteiger partial charge in [-0.05, 0) is 24.6 Å². The van der Waals surface area contributed by atoms with Crippen molar-refractivity contribution in [3.63, 3.8) is 0 Å². The minimum atomic E-state index is -3.09. The minimum absolute atomic E-state index is 0. The summed E-state index contributed by atoms with van der Waals surface area (Å²) in [6, 6.07) is 6.76. The fourth-order valence-corrected chi connectivity index (χ4v) is 2.97. The normalized spacial score (nSPS) is 12.3. The Morgan fingerprint density at radius 1 is 1.29 bits per heavy atom. The predicted octanol–water partition coefficient (Wildman–Crippen LogP) is 1.51. The molecule has 0 aliphatic rings. The van der Waals surface area contributed by atoms with E-state index >= 15 is 0 Å². The number of anilines is 1. The van der Waals surface area contributed by atoms with Gasteiger partial charge in [-0.3, -0.25) is 4.79 Å². The Labute approximate surface area is 132 Å². The highest BCUT2D eigenvalue weighted by atomic mass is 35.5. The lowest BCUT2D eigenvalue weighted by Gasteiger charge is -2.24. The van der Waals surface area contributed by atoms with E-state index in [2.05, 4.69) is 0 Å². The maximum absolute atomic E-state index is 12.1. The monoisotopic (exact) mass is 334 g/mol. The zero-order valence-corrected chi connectivity index (χ0v) is 14.2. The SMILES string of the molecule is CCS(=O)(=O)CC(C)N(C)C(=O)Cc1ccc(N)cc1.Cl. The van der Waals surface area contributed by atoms with E-state index < -0.39 is 9.84 Å². The summed E-state index contributed by atoms with van der Waals surface area (Å²) in [4.78, 5) is 13.6. The van der Waals surface area contributed by atoms with Crippen molar-refractivity contribution in [2.75, 3.05) is 24.3 Å². The Morgan fingerprint density at radius 3 is 2.29 bits per heavy atom. The molecule has 1 amide bonds. The van der Waals surface area contributed by atoms with Crippen molar-refractivity contribution in [2.24, 2.45) is 0 Å². The summed E-state index contributed by atoms with van der Waals surface area (Å²) in [5.74, 6) is -0.0151. The van der Waals surface area contributed by atoms with Crippen LogP contribution in [0.3, 0.4) is 0 Å². The molecule has 0 saturated carbocycles. The second-order valence-electron chi connectivity index (χ2n) is 4.97. The van der Waals surface area contributed by atoms with Gasteiger partial charge in [0.2, 0.25) is 5.91 Å². The van der Waals surface area contributed by atoms with E-state index in [1.165, 1.54) is 4.90 Å². The van der Waals surface area contributed by atoms with E-state index in [1.807, 2.05) is 0 Å². The van der Waals surface area contributed by atoms with Crippen LogP contribution >= 0.6 is 12.4 Å². The number of carbonyl (C=O) groups excluding carboxylic acids is 1. The second-order valence-corrected chi connectivity index (χ2v) is 7.37. The molecule has 1 atom stereocenters. The first kappa shape index (κ1) is 19.7. The lowest BCUT2D eigenvalue weighted by atomic mass is 10.1. The molecule has 7 heteroatoms. The van der Waals surface area contributed by atoms with E-state index in [9.17, 15) is 13.2 Å². The van der Waals surface area contributed by atoms with Crippen LogP contribution in [0.15, 0.2) is 24.3 Å². The summed E-state index contributed by atoms with van der Waals surface area (Å²) in [6.07, 6.45) is 0.243. The number of rotatable bonds is 6. The third kappa shape index (κ3) is 6.35. The zero-order valence-electron chi connectivity index (χ0n) is 12.6. The lowest BCUT2D eigenvalue weighted by Crippen LogP contribution is -2.40. The zero-order chi connectivity index (χ0) is 15.3. The molecule has 0 bridgehead atoms. The number of amides is 1. The quantitative estimate of drug-likeness (QED) is 0.800.